The topological polar surface area (TPSA) is 23.6 Å². The van der Waals surface area contributed by atoms with Crippen LogP contribution in [0.1, 0.15) is 35.6 Å². The number of hydrogen-bond acceptors (Lipinski definition) is 3. The fraction of sp³-hybridized carbons (Fsp3) is 0.500. The van der Waals surface area contributed by atoms with Crippen LogP contribution >= 0.6 is 11.3 Å². The Bertz CT molecular complexity index is 740. The molecule has 0 saturated carbocycles. The summed E-state index contributed by atoms with van der Waals surface area (Å²) in [4.78, 5) is 18.5. The van der Waals surface area contributed by atoms with Crippen LogP contribution in [0.2, 0.25) is 0 Å². The number of hydrogen-bond donors (Lipinski definition) is 0. The highest BCUT2D eigenvalue weighted by molar-refractivity contribution is 7.10. The molecule has 0 bridgehead atoms. The predicted octanol–water partition coefficient (Wildman–Crippen LogP) is 4.16. The van der Waals surface area contributed by atoms with Gasteiger partial charge in [0.1, 0.15) is 5.82 Å². The van der Waals surface area contributed by atoms with Crippen LogP contribution in [0.3, 0.4) is 0 Å². The summed E-state index contributed by atoms with van der Waals surface area (Å²) in [6.45, 7) is 4.91. The van der Waals surface area contributed by atoms with Gasteiger partial charge in [-0.25, -0.2) is 4.39 Å². The van der Waals surface area contributed by atoms with Gasteiger partial charge in [-0.15, -0.1) is 11.3 Å². The molecule has 2 saturated heterocycles. The van der Waals surface area contributed by atoms with Crippen LogP contribution in [0.4, 0.5) is 4.39 Å². The molecule has 5 heteroatoms. The van der Waals surface area contributed by atoms with E-state index in [2.05, 4.69) is 4.90 Å². The highest BCUT2D eigenvalue weighted by Crippen LogP contribution is 2.34. The molecule has 0 radical (unpaired) electrons. The Balaban J connectivity index is 1.48. The summed E-state index contributed by atoms with van der Waals surface area (Å²) in [5.74, 6) is 0.723. The lowest BCUT2D eigenvalue weighted by Crippen LogP contribution is -2.37. The van der Waals surface area contributed by atoms with Crippen LogP contribution in [-0.2, 0) is 11.2 Å². The highest BCUT2D eigenvalue weighted by Gasteiger charge is 2.37. The van der Waals surface area contributed by atoms with Crippen LogP contribution in [0.15, 0.2) is 41.8 Å². The summed E-state index contributed by atoms with van der Waals surface area (Å²) in [5.41, 5.74) is 1.16. The van der Waals surface area contributed by atoms with Gasteiger partial charge in [-0.2, -0.15) is 0 Å². The van der Waals surface area contributed by atoms with Gasteiger partial charge in [0.15, 0.2) is 0 Å². The second kappa shape index (κ2) is 8.53. The van der Waals surface area contributed by atoms with Crippen molar-refractivity contribution < 1.29 is 9.18 Å². The number of amides is 1. The first-order chi connectivity index (χ1) is 13.2. The van der Waals surface area contributed by atoms with E-state index in [1.807, 2.05) is 34.5 Å². The zero-order valence-corrected chi connectivity index (χ0v) is 16.5. The van der Waals surface area contributed by atoms with Crippen molar-refractivity contribution in [3.05, 3.63) is 58.0 Å². The number of nitrogens with zero attached hydrogens (tertiary/aromatic N) is 2. The molecule has 27 heavy (non-hydrogen) atoms. The second-order valence-corrected chi connectivity index (χ2v) is 8.87. The Morgan fingerprint density at radius 2 is 1.85 bits per heavy atom. The summed E-state index contributed by atoms with van der Waals surface area (Å²) in [5, 5.41) is 2.02. The Morgan fingerprint density at radius 3 is 2.56 bits per heavy atom. The fourth-order valence-corrected chi connectivity index (χ4v) is 5.19. The van der Waals surface area contributed by atoms with E-state index < -0.39 is 0 Å². The molecule has 0 spiro atoms. The van der Waals surface area contributed by atoms with E-state index in [0.29, 0.717) is 18.3 Å². The Morgan fingerprint density at radius 1 is 1.07 bits per heavy atom. The molecule has 2 unspecified atom stereocenters. The first-order valence-electron chi connectivity index (χ1n) is 9.97. The molecule has 1 aromatic heterocycles. The predicted molar refractivity (Wildman–Crippen MR) is 108 cm³/mol. The van der Waals surface area contributed by atoms with Crippen molar-refractivity contribution in [2.45, 2.75) is 31.6 Å². The summed E-state index contributed by atoms with van der Waals surface area (Å²) < 4.78 is 13.4. The van der Waals surface area contributed by atoms with Gasteiger partial charge < -0.3 is 9.80 Å². The van der Waals surface area contributed by atoms with Crippen LogP contribution in [0, 0.1) is 11.7 Å². The van der Waals surface area contributed by atoms with Gasteiger partial charge in [-0.3, -0.25) is 4.79 Å². The lowest BCUT2D eigenvalue weighted by atomic mass is 9.88. The number of halogens is 1. The third kappa shape index (κ3) is 4.58. The van der Waals surface area contributed by atoms with Gasteiger partial charge in [0.2, 0.25) is 5.91 Å². The van der Waals surface area contributed by atoms with Gasteiger partial charge in [-0.1, -0.05) is 24.6 Å². The normalized spacial score (nSPS) is 23.7. The van der Waals surface area contributed by atoms with E-state index in [-0.39, 0.29) is 11.7 Å². The molecular weight excluding hydrogens is 359 g/mol. The van der Waals surface area contributed by atoms with Crippen molar-refractivity contribution in [2.24, 2.45) is 5.92 Å². The molecule has 4 rings (SSSR count). The molecule has 2 aromatic rings. The fourth-order valence-electron chi connectivity index (χ4n) is 4.50. The van der Waals surface area contributed by atoms with Gasteiger partial charge >= 0.3 is 0 Å². The SMILES string of the molecule is O=C(Cc1cccs1)N1CC(CN2CCCCC2)C(c2ccc(F)cc2)C1. The zero-order valence-electron chi connectivity index (χ0n) is 15.6. The molecule has 0 N–H and O–H groups in total. The van der Waals surface area contributed by atoms with Gasteiger partial charge in [-0.05, 0) is 61.0 Å². The van der Waals surface area contributed by atoms with E-state index in [4.69, 9.17) is 0 Å². The average Bonchev–Trinajstić information content (AvgIpc) is 3.33. The Hall–Kier alpha value is -1.72. The quantitative estimate of drug-likeness (QED) is 0.770. The highest BCUT2D eigenvalue weighted by atomic mass is 32.1. The maximum Gasteiger partial charge on any atom is 0.227 e. The molecule has 144 valence electrons. The molecule has 1 aromatic carbocycles. The standard InChI is InChI=1S/C22H27FN2OS/c23-19-8-6-17(7-9-19)21-16-25(22(26)13-20-5-4-12-27-20)15-18(21)14-24-10-2-1-3-11-24/h4-9,12,18,21H,1-3,10-11,13-16H2. The largest absolute Gasteiger partial charge is 0.341 e. The van der Waals surface area contributed by atoms with E-state index >= 15 is 0 Å². The maximum absolute atomic E-state index is 13.4. The smallest absolute Gasteiger partial charge is 0.227 e. The minimum atomic E-state index is -0.199. The molecule has 2 aliphatic rings. The van der Waals surface area contributed by atoms with E-state index in [1.54, 1.807) is 23.5 Å². The van der Waals surface area contributed by atoms with Gasteiger partial charge in [0, 0.05) is 30.4 Å². The first kappa shape index (κ1) is 18.6. The molecule has 0 aliphatic carbocycles. The Kier molecular flexibility index (Phi) is 5.89. The number of carbonyl (C=O) groups is 1. The van der Waals surface area contributed by atoms with Crippen LogP contribution in [-0.4, -0.2) is 48.4 Å². The third-order valence-electron chi connectivity index (χ3n) is 5.94. The summed E-state index contributed by atoms with van der Waals surface area (Å²) in [6, 6.07) is 10.9. The van der Waals surface area contributed by atoms with Crippen LogP contribution < -0.4 is 0 Å². The minimum Gasteiger partial charge on any atom is -0.341 e. The number of carbonyl (C=O) groups excluding carboxylic acids is 1. The molecule has 1 amide bonds. The number of piperidine rings is 1. The number of rotatable bonds is 5. The molecular formula is C22H27FN2OS. The Labute approximate surface area is 164 Å². The zero-order chi connectivity index (χ0) is 18.6. The summed E-state index contributed by atoms with van der Waals surface area (Å²) >= 11 is 1.64. The first-order valence-corrected chi connectivity index (χ1v) is 10.8. The molecule has 3 heterocycles. The second-order valence-electron chi connectivity index (χ2n) is 7.83. The van der Waals surface area contributed by atoms with Crippen LogP contribution in [0.5, 0.6) is 0 Å². The molecule has 2 fully saturated rings. The van der Waals surface area contributed by atoms with Crippen LogP contribution in [0.25, 0.3) is 0 Å². The van der Waals surface area contributed by atoms with Crippen molar-refractivity contribution in [1.29, 1.82) is 0 Å². The van der Waals surface area contributed by atoms with Crippen molar-refractivity contribution in [3.63, 3.8) is 0 Å². The molecule has 3 nitrogen and oxygen atoms in total. The van der Waals surface area contributed by atoms with Crippen molar-refractivity contribution in [2.75, 3.05) is 32.7 Å². The van der Waals surface area contributed by atoms with Crippen molar-refractivity contribution >= 4 is 17.2 Å². The average molecular weight is 387 g/mol. The molecule has 2 aliphatic heterocycles. The molecule has 2 atom stereocenters. The van der Waals surface area contributed by atoms with E-state index in [0.717, 1.165) is 43.2 Å². The van der Waals surface area contributed by atoms with Gasteiger partial charge in [0.25, 0.3) is 0 Å². The lowest BCUT2D eigenvalue weighted by molar-refractivity contribution is -0.129. The van der Waals surface area contributed by atoms with E-state index in [1.165, 1.54) is 19.3 Å². The van der Waals surface area contributed by atoms with Gasteiger partial charge in [0.05, 0.1) is 6.42 Å². The van der Waals surface area contributed by atoms with Crippen molar-refractivity contribution in [1.82, 2.24) is 9.80 Å². The number of thiophene rings is 1. The summed E-state index contributed by atoms with van der Waals surface area (Å²) in [7, 11) is 0. The van der Waals surface area contributed by atoms with Crippen molar-refractivity contribution in [3.8, 4) is 0 Å². The number of benzene rings is 1. The third-order valence-corrected chi connectivity index (χ3v) is 6.82. The minimum absolute atomic E-state index is 0.199. The number of likely N-dealkylation sites (tertiary alicyclic amines) is 2. The summed E-state index contributed by atoms with van der Waals surface area (Å²) in [6.07, 6.45) is 4.36. The van der Waals surface area contributed by atoms with E-state index in [9.17, 15) is 9.18 Å². The monoisotopic (exact) mass is 386 g/mol. The maximum atomic E-state index is 13.4. The lowest BCUT2D eigenvalue weighted by Gasteiger charge is -2.31.